The Morgan fingerprint density at radius 2 is 1.97 bits per heavy atom. The maximum Gasteiger partial charge on any atom is 0.124 e. The van der Waals surface area contributed by atoms with Crippen molar-refractivity contribution >= 4 is 10.8 Å². The van der Waals surface area contributed by atoms with Gasteiger partial charge in [0.05, 0.1) is 0 Å². The number of nitrogens with one attached hydrogen (secondary N) is 1. The molecule has 0 bridgehead atoms. The van der Waals surface area contributed by atoms with Crippen LogP contribution in [0.4, 0.5) is 0 Å². The Morgan fingerprint density at radius 1 is 1.07 bits per heavy atom. The van der Waals surface area contributed by atoms with E-state index in [2.05, 4.69) is 84.7 Å². The van der Waals surface area contributed by atoms with Crippen LogP contribution in [0.15, 0.2) is 60.7 Å². The van der Waals surface area contributed by atoms with Gasteiger partial charge in [-0.2, -0.15) is 0 Å². The highest BCUT2D eigenvalue weighted by atomic mass is 16.5. The van der Waals surface area contributed by atoms with Gasteiger partial charge in [-0.3, -0.25) is 4.90 Å². The topological polar surface area (TPSA) is 24.5 Å². The fourth-order valence-corrected chi connectivity index (χ4v) is 4.50. The Hall–Kier alpha value is -2.36. The number of rotatable bonds is 8. The Morgan fingerprint density at radius 3 is 2.83 bits per heavy atom. The van der Waals surface area contributed by atoms with Gasteiger partial charge < -0.3 is 10.1 Å². The van der Waals surface area contributed by atoms with Crippen LogP contribution in [0.2, 0.25) is 0 Å². The summed E-state index contributed by atoms with van der Waals surface area (Å²) in [5.74, 6) is 0.983. The summed E-state index contributed by atoms with van der Waals surface area (Å²) in [7, 11) is 0. The van der Waals surface area contributed by atoms with Crippen LogP contribution in [-0.2, 0) is 13.2 Å². The Labute approximate surface area is 174 Å². The number of likely N-dealkylation sites (tertiary alicyclic amines) is 1. The second-order valence-corrected chi connectivity index (χ2v) is 8.10. The maximum atomic E-state index is 6.30. The van der Waals surface area contributed by atoms with Gasteiger partial charge in [-0.25, -0.2) is 0 Å². The predicted octanol–water partition coefficient (Wildman–Crippen LogP) is 5.30. The van der Waals surface area contributed by atoms with Crippen LogP contribution in [0.3, 0.4) is 0 Å². The number of benzene rings is 3. The number of likely N-dealkylation sites (N-methyl/N-ethyl adjacent to an activating group) is 1. The molecule has 3 nitrogen and oxygen atoms in total. The third-order valence-corrected chi connectivity index (χ3v) is 6.06. The summed E-state index contributed by atoms with van der Waals surface area (Å²) in [6, 6.07) is 22.1. The highest BCUT2D eigenvalue weighted by molar-refractivity contribution is 5.87. The normalized spacial score (nSPS) is 17.1. The van der Waals surface area contributed by atoms with Gasteiger partial charge in [0.25, 0.3) is 0 Å². The lowest BCUT2D eigenvalue weighted by Gasteiger charge is -2.23. The molecule has 3 heteroatoms. The molecule has 1 heterocycles. The minimum atomic E-state index is 0.596. The first-order valence-electron chi connectivity index (χ1n) is 10.9. The first-order chi connectivity index (χ1) is 14.2. The van der Waals surface area contributed by atoms with E-state index in [-0.39, 0.29) is 0 Å². The molecule has 1 aliphatic rings. The molecule has 3 aromatic carbocycles. The van der Waals surface area contributed by atoms with Crippen LogP contribution in [0.25, 0.3) is 10.8 Å². The lowest BCUT2D eigenvalue weighted by Crippen LogP contribution is -2.37. The van der Waals surface area contributed by atoms with E-state index in [1.54, 1.807) is 0 Å². The van der Waals surface area contributed by atoms with Gasteiger partial charge >= 0.3 is 0 Å². The van der Waals surface area contributed by atoms with Crippen molar-refractivity contribution in [1.82, 2.24) is 10.2 Å². The molecular formula is C26H32N2O. The molecule has 1 N–H and O–H groups in total. The van der Waals surface area contributed by atoms with Crippen molar-refractivity contribution in [2.45, 2.75) is 45.9 Å². The van der Waals surface area contributed by atoms with Crippen molar-refractivity contribution in [1.29, 1.82) is 0 Å². The van der Waals surface area contributed by atoms with E-state index in [1.165, 1.54) is 46.8 Å². The van der Waals surface area contributed by atoms with Crippen molar-refractivity contribution < 1.29 is 4.74 Å². The zero-order valence-corrected chi connectivity index (χ0v) is 17.7. The molecule has 0 amide bonds. The van der Waals surface area contributed by atoms with Gasteiger partial charge in [0, 0.05) is 24.7 Å². The van der Waals surface area contributed by atoms with E-state index >= 15 is 0 Å². The van der Waals surface area contributed by atoms with E-state index in [9.17, 15) is 0 Å². The third-order valence-electron chi connectivity index (χ3n) is 6.06. The van der Waals surface area contributed by atoms with Crippen LogP contribution in [0.1, 0.15) is 36.5 Å². The SMILES string of the molecule is CCN1CCC[C@@H]1CNCc1c(OCc2cccc(C)c2)ccc2ccccc12. The number of hydrogen-bond acceptors (Lipinski definition) is 3. The molecule has 0 saturated carbocycles. The second kappa shape index (κ2) is 9.43. The van der Waals surface area contributed by atoms with Crippen LogP contribution >= 0.6 is 0 Å². The molecule has 4 rings (SSSR count). The summed E-state index contributed by atoms with van der Waals surface area (Å²) in [5, 5.41) is 6.27. The molecule has 152 valence electrons. The molecule has 1 aliphatic heterocycles. The summed E-state index contributed by atoms with van der Waals surface area (Å²) in [4.78, 5) is 2.59. The van der Waals surface area contributed by atoms with Crippen LogP contribution < -0.4 is 10.1 Å². The fourth-order valence-electron chi connectivity index (χ4n) is 4.50. The van der Waals surface area contributed by atoms with Gasteiger partial charge in [-0.1, -0.05) is 67.1 Å². The van der Waals surface area contributed by atoms with E-state index < -0.39 is 0 Å². The molecule has 0 spiro atoms. The van der Waals surface area contributed by atoms with Crippen molar-refractivity contribution in [3.8, 4) is 5.75 Å². The van der Waals surface area contributed by atoms with E-state index in [0.717, 1.165) is 25.4 Å². The van der Waals surface area contributed by atoms with E-state index in [4.69, 9.17) is 4.74 Å². The number of ether oxygens (including phenoxy) is 1. The molecule has 1 atom stereocenters. The smallest absolute Gasteiger partial charge is 0.124 e. The zero-order chi connectivity index (χ0) is 20.1. The summed E-state index contributed by atoms with van der Waals surface area (Å²) >= 11 is 0. The molecule has 0 aliphatic carbocycles. The summed E-state index contributed by atoms with van der Waals surface area (Å²) in [5.41, 5.74) is 3.74. The summed E-state index contributed by atoms with van der Waals surface area (Å²) in [6.07, 6.45) is 2.62. The van der Waals surface area contributed by atoms with Gasteiger partial charge in [0.1, 0.15) is 12.4 Å². The predicted molar refractivity (Wildman–Crippen MR) is 121 cm³/mol. The van der Waals surface area contributed by atoms with Crippen molar-refractivity contribution in [3.63, 3.8) is 0 Å². The van der Waals surface area contributed by atoms with Crippen molar-refractivity contribution in [2.24, 2.45) is 0 Å². The largest absolute Gasteiger partial charge is 0.489 e. The zero-order valence-electron chi connectivity index (χ0n) is 17.7. The lowest BCUT2D eigenvalue weighted by molar-refractivity contribution is 0.259. The number of hydrogen-bond donors (Lipinski definition) is 1. The number of fused-ring (bicyclic) bond motifs is 1. The molecule has 1 fully saturated rings. The monoisotopic (exact) mass is 388 g/mol. The summed E-state index contributed by atoms with van der Waals surface area (Å²) < 4.78 is 6.30. The molecule has 29 heavy (non-hydrogen) atoms. The third kappa shape index (κ3) is 4.80. The molecule has 3 aromatic rings. The quantitative estimate of drug-likeness (QED) is 0.567. The minimum Gasteiger partial charge on any atom is -0.489 e. The number of aryl methyl sites for hydroxylation is 1. The van der Waals surface area contributed by atoms with Crippen LogP contribution in [0.5, 0.6) is 5.75 Å². The molecular weight excluding hydrogens is 356 g/mol. The van der Waals surface area contributed by atoms with E-state index in [1.807, 2.05) is 0 Å². The average molecular weight is 389 g/mol. The Bertz CT molecular complexity index is 952. The van der Waals surface area contributed by atoms with Gasteiger partial charge in [-0.15, -0.1) is 0 Å². The standard InChI is InChI=1S/C26H32N2O/c1-3-28-15-7-11-23(28)17-27-18-25-24-12-5-4-10-22(24)13-14-26(25)29-19-21-9-6-8-20(2)16-21/h4-6,8-10,12-14,16,23,27H,3,7,11,15,17-19H2,1-2H3/t23-/m1/s1. The first-order valence-corrected chi connectivity index (χ1v) is 10.9. The van der Waals surface area contributed by atoms with Crippen molar-refractivity contribution in [2.75, 3.05) is 19.6 Å². The maximum absolute atomic E-state index is 6.30. The van der Waals surface area contributed by atoms with E-state index in [0.29, 0.717) is 12.6 Å². The van der Waals surface area contributed by atoms with Gasteiger partial charge in [0.15, 0.2) is 0 Å². The van der Waals surface area contributed by atoms with Crippen molar-refractivity contribution in [3.05, 3.63) is 77.4 Å². The lowest BCUT2D eigenvalue weighted by atomic mass is 10.0. The molecule has 0 aromatic heterocycles. The van der Waals surface area contributed by atoms with Gasteiger partial charge in [0.2, 0.25) is 0 Å². The number of nitrogens with zero attached hydrogens (tertiary/aromatic N) is 1. The molecule has 1 saturated heterocycles. The molecule has 0 unspecified atom stereocenters. The highest BCUT2D eigenvalue weighted by Crippen LogP contribution is 2.29. The highest BCUT2D eigenvalue weighted by Gasteiger charge is 2.22. The second-order valence-electron chi connectivity index (χ2n) is 8.10. The average Bonchev–Trinajstić information content (AvgIpc) is 3.20. The molecule has 0 radical (unpaired) electrons. The Kier molecular flexibility index (Phi) is 6.48. The Balaban J connectivity index is 1.51. The fraction of sp³-hybridized carbons (Fsp3) is 0.385. The van der Waals surface area contributed by atoms with Gasteiger partial charge in [-0.05, 0) is 55.3 Å². The first kappa shape index (κ1) is 19.9. The summed E-state index contributed by atoms with van der Waals surface area (Å²) in [6.45, 7) is 9.23. The van der Waals surface area contributed by atoms with Crippen LogP contribution in [0, 0.1) is 6.92 Å². The van der Waals surface area contributed by atoms with Crippen LogP contribution in [-0.4, -0.2) is 30.6 Å². The minimum absolute atomic E-state index is 0.596.